The molecular formula is C14H20N2O4S. The van der Waals surface area contributed by atoms with Gasteiger partial charge in [-0.25, -0.2) is 17.9 Å². The van der Waals surface area contributed by atoms with Gasteiger partial charge in [0.25, 0.3) is 0 Å². The summed E-state index contributed by atoms with van der Waals surface area (Å²) in [6.07, 6.45) is 1.52. The van der Waals surface area contributed by atoms with Gasteiger partial charge in [-0.15, -0.1) is 0 Å². The van der Waals surface area contributed by atoms with E-state index in [2.05, 4.69) is 14.8 Å². The van der Waals surface area contributed by atoms with Gasteiger partial charge >= 0.3 is 5.97 Å². The van der Waals surface area contributed by atoms with E-state index in [0.29, 0.717) is 5.56 Å². The first-order valence-electron chi connectivity index (χ1n) is 6.86. The van der Waals surface area contributed by atoms with Crippen molar-refractivity contribution in [3.05, 3.63) is 29.3 Å². The molecule has 0 unspecified atom stereocenters. The van der Waals surface area contributed by atoms with Crippen molar-refractivity contribution < 1.29 is 17.9 Å². The molecule has 0 radical (unpaired) electrons. The molecule has 1 fully saturated rings. The zero-order valence-electron chi connectivity index (χ0n) is 12.2. The Hall–Kier alpha value is -1.44. The minimum Gasteiger partial charge on any atom is -0.465 e. The summed E-state index contributed by atoms with van der Waals surface area (Å²) >= 11 is 0. The van der Waals surface area contributed by atoms with Gasteiger partial charge in [0.15, 0.2) is 0 Å². The highest BCUT2D eigenvalue weighted by Crippen LogP contribution is 2.18. The molecule has 0 aliphatic carbocycles. The highest BCUT2D eigenvalue weighted by Gasteiger charge is 2.23. The van der Waals surface area contributed by atoms with Crippen molar-refractivity contribution in [3.63, 3.8) is 0 Å². The van der Waals surface area contributed by atoms with Gasteiger partial charge < -0.3 is 10.1 Å². The average molecular weight is 312 g/mol. The normalized spacial score (nSPS) is 16.7. The number of methoxy groups -OCH3 is 1. The number of carbonyl (C=O) groups is 1. The molecule has 21 heavy (non-hydrogen) atoms. The Labute approximate surface area is 124 Å². The Morgan fingerprint density at radius 3 is 2.62 bits per heavy atom. The minimum absolute atomic E-state index is 0.0703. The first-order valence-corrected chi connectivity index (χ1v) is 8.34. The Morgan fingerprint density at radius 1 is 1.33 bits per heavy atom. The van der Waals surface area contributed by atoms with Crippen LogP contribution in [0, 0.1) is 6.92 Å². The van der Waals surface area contributed by atoms with Crippen LogP contribution in [0.25, 0.3) is 0 Å². The molecule has 2 N–H and O–H groups in total. The van der Waals surface area contributed by atoms with Crippen molar-refractivity contribution in [1.29, 1.82) is 0 Å². The predicted molar refractivity (Wildman–Crippen MR) is 78.7 cm³/mol. The topological polar surface area (TPSA) is 84.5 Å². The highest BCUT2D eigenvalue weighted by atomic mass is 32.2. The first-order chi connectivity index (χ1) is 9.94. The molecule has 0 saturated carbocycles. The van der Waals surface area contributed by atoms with Crippen LogP contribution in [0.1, 0.15) is 28.8 Å². The van der Waals surface area contributed by atoms with E-state index in [0.717, 1.165) is 25.9 Å². The number of hydrogen-bond donors (Lipinski definition) is 2. The second-order valence-electron chi connectivity index (χ2n) is 5.11. The summed E-state index contributed by atoms with van der Waals surface area (Å²) in [5.41, 5.74) is 0.952. The molecule has 1 aliphatic rings. The maximum atomic E-state index is 12.4. The Morgan fingerprint density at radius 2 is 2.00 bits per heavy atom. The number of sulfonamides is 1. The summed E-state index contributed by atoms with van der Waals surface area (Å²) in [6.45, 7) is 3.34. The molecule has 2 rings (SSSR count). The lowest BCUT2D eigenvalue weighted by atomic mass is 10.1. The lowest BCUT2D eigenvalue weighted by Gasteiger charge is -2.23. The number of hydrogen-bond acceptors (Lipinski definition) is 5. The lowest BCUT2D eigenvalue weighted by Crippen LogP contribution is -2.42. The van der Waals surface area contributed by atoms with Crippen LogP contribution in [-0.2, 0) is 14.8 Å². The van der Waals surface area contributed by atoms with Gasteiger partial charge in [0.05, 0.1) is 17.6 Å². The van der Waals surface area contributed by atoms with Crippen molar-refractivity contribution >= 4 is 16.0 Å². The standard InChI is InChI=1S/C14H20N2O4S/c1-10-3-4-12(9-13(10)14(17)20-2)21(18,19)16-11-5-7-15-8-6-11/h3-4,9,11,15-16H,5-8H2,1-2H3. The summed E-state index contributed by atoms with van der Waals surface area (Å²) in [5.74, 6) is -0.536. The van der Waals surface area contributed by atoms with Crippen molar-refractivity contribution in [2.45, 2.75) is 30.7 Å². The molecule has 6 nitrogen and oxygen atoms in total. The quantitative estimate of drug-likeness (QED) is 0.804. The fourth-order valence-electron chi connectivity index (χ4n) is 2.33. The number of ether oxygens (including phenoxy) is 1. The number of rotatable bonds is 4. The first kappa shape index (κ1) is 15.9. The summed E-state index contributed by atoms with van der Waals surface area (Å²) in [5, 5.41) is 3.18. The number of piperidine rings is 1. The average Bonchev–Trinajstić information content (AvgIpc) is 2.47. The third kappa shape index (κ3) is 3.81. The number of nitrogens with one attached hydrogen (secondary N) is 2. The third-order valence-electron chi connectivity index (χ3n) is 3.59. The van der Waals surface area contributed by atoms with E-state index in [9.17, 15) is 13.2 Å². The highest BCUT2D eigenvalue weighted by molar-refractivity contribution is 7.89. The smallest absolute Gasteiger partial charge is 0.338 e. The molecule has 1 heterocycles. The molecule has 116 valence electrons. The monoisotopic (exact) mass is 312 g/mol. The summed E-state index contributed by atoms with van der Waals surface area (Å²) in [4.78, 5) is 11.7. The van der Waals surface area contributed by atoms with Gasteiger partial charge in [-0.2, -0.15) is 0 Å². The van der Waals surface area contributed by atoms with E-state index >= 15 is 0 Å². The van der Waals surface area contributed by atoms with Crippen molar-refractivity contribution in [2.24, 2.45) is 0 Å². The third-order valence-corrected chi connectivity index (χ3v) is 5.10. The second-order valence-corrected chi connectivity index (χ2v) is 6.83. The van der Waals surface area contributed by atoms with E-state index in [1.165, 1.54) is 19.2 Å². The SMILES string of the molecule is COC(=O)c1cc(S(=O)(=O)NC2CCNCC2)ccc1C. The van der Waals surface area contributed by atoms with Gasteiger partial charge in [-0.3, -0.25) is 0 Å². The number of benzene rings is 1. The van der Waals surface area contributed by atoms with E-state index in [1.54, 1.807) is 13.0 Å². The Balaban J connectivity index is 2.25. The maximum absolute atomic E-state index is 12.4. The Bertz CT molecular complexity index is 622. The fraction of sp³-hybridized carbons (Fsp3) is 0.500. The molecule has 0 bridgehead atoms. The molecule has 0 spiro atoms. The molecule has 1 aliphatic heterocycles. The van der Waals surface area contributed by atoms with Crippen molar-refractivity contribution in [2.75, 3.05) is 20.2 Å². The summed E-state index contributed by atoms with van der Waals surface area (Å²) < 4.78 is 32.1. The van der Waals surface area contributed by atoms with Crippen LogP contribution < -0.4 is 10.0 Å². The molecule has 1 aromatic rings. The largest absolute Gasteiger partial charge is 0.465 e. The van der Waals surface area contributed by atoms with Crippen LogP contribution >= 0.6 is 0 Å². The predicted octanol–water partition coefficient (Wildman–Crippen LogP) is 0.812. The molecule has 0 atom stereocenters. The van der Waals surface area contributed by atoms with Crippen LogP contribution in [0.5, 0.6) is 0 Å². The van der Waals surface area contributed by atoms with Crippen LogP contribution in [0.4, 0.5) is 0 Å². The molecule has 7 heteroatoms. The maximum Gasteiger partial charge on any atom is 0.338 e. The van der Waals surface area contributed by atoms with E-state index in [-0.39, 0.29) is 16.5 Å². The number of esters is 1. The van der Waals surface area contributed by atoms with Gasteiger partial charge in [-0.1, -0.05) is 6.07 Å². The van der Waals surface area contributed by atoms with Crippen LogP contribution in [0.2, 0.25) is 0 Å². The van der Waals surface area contributed by atoms with Gasteiger partial charge in [-0.05, 0) is 50.6 Å². The van der Waals surface area contributed by atoms with Gasteiger partial charge in [0, 0.05) is 6.04 Å². The van der Waals surface area contributed by atoms with E-state index in [4.69, 9.17) is 0 Å². The Kier molecular flexibility index (Phi) is 4.97. The second kappa shape index (κ2) is 6.55. The molecule has 0 aromatic heterocycles. The van der Waals surface area contributed by atoms with Gasteiger partial charge in [0.2, 0.25) is 10.0 Å². The van der Waals surface area contributed by atoms with Gasteiger partial charge in [0.1, 0.15) is 0 Å². The molecular weight excluding hydrogens is 292 g/mol. The number of aryl methyl sites for hydroxylation is 1. The van der Waals surface area contributed by atoms with Crippen molar-refractivity contribution in [1.82, 2.24) is 10.0 Å². The zero-order valence-corrected chi connectivity index (χ0v) is 13.0. The van der Waals surface area contributed by atoms with Crippen LogP contribution in [0.3, 0.4) is 0 Å². The van der Waals surface area contributed by atoms with Crippen LogP contribution in [0.15, 0.2) is 23.1 Å². The minimum atomic E-state index is -3.63. The summed E-state index contributed by atoms with van der Waals surface area (Å²) in [6, 6.07) is 4.41. The van der Waals surface area contributed by atoms with Crippen LogP contribution in [-0.4, -0.2) is 40.6 Å². The lowest BCUT2D eigenvalue weighted by molar-refractivity contribution is 0.0599. The van der Waals surface area contributed by atoms with Crippen molar-refractivity contribution in [3.8, 4) is 0 Å². The number of carbonyl (C=O) groups excluding carboxylic acids is 1. The molecule has 1 aromatic carbocycles. The molecule has 0 amide bonds. The fourth-order valence-corrected chi connectivity index (χ4v) is 3.66. The van der Waals surface area contributed by atoms with E-state index < -0.39 is 16.0 Å². The summed E-state index contributed by atoms with van der Waals surface area (Å²) in [7, 11) is -2.35. The molecule has 1 saturated heterocycles. The van der Waals surface area contributed by atoms with E-state index in [1.807, 2.05) is 0 Å². The zero-order chi connectivity index (χ0) is 15.5.